The number of ether oxygens (including phenoxy) is 5. The molecule has 0 radical (unpaired) electrons. The smallest absolute Gasteiger partial charge is 0.345 e. The number of rotatable bonds is 10. The van der Waals surface area contributed by atoms with Gasteiger partial charge >= 0.3 is 11.9 Å². The monoisotopic (exact) mass is 551 g/mol. The van der Waals surface area contributed by atoms with Gasteiger partial charge in [-0.15, -0.1) is 0 Å². The Labute approximate surface area is 234 Å². The summed E-state index contributed by atoms with van der Waals surface area (Å²) < 4.78 is 29.6. The van der Waals surface area contributed by atoms with E-state index in [0.29, 0.717) is 49.2 Å². The molecule has 1 aliphatic heterocycles. The minimum absolute atomic E-state index is 0.246. The van der Waals surface area contributed by atoms with E-state index in [4.69, 9.17) is 23.7 Å². The van der Waals surface area contributed by atoms with E-state index in [2.05, 4.69) is 10.00 Å². The topological polar surface area (TPSA) is 101 Å². The zero-order valence-corrected chi connectivity index (χ0v) is 23.8. The Bertz CT molecular complexity index is 1310. The van der Waals surface area contributed by atoms with Crippen LogP contribution in [-0.4, -0.2) is 85.4 Å². The van der Waals surface area contributed by atoms with Crippen LogP contribution in [0.15, 0.2) is 48.7 Å². The molecular formula is C30H37N3O7. The summed E-state index contributed by atoms with van der Waals surface area (Å²) in [5.41, 5.74) is 2.36. The van der Waals surface area contributed by atoms with Crippen LogP contribution in [0.4, 0.5) is 0 Å². The Balaban J connectivity index is 1.64. The predicted octanol–water partition coefficient (Wildman–Crippen LogP) is 4.39. The van der Waals surface area contributed by atoms with Crippen molar-refractivity contribution in [2.45, 2.75) is 33.3 Å². The SMILES string of the molecule is CCOC(=O)c1cnn(-c2ccc(-c3cccc(C(=O)OC)c3OC(C)(C)C)cc2)c1OCCN1CCOCC1. The van der Waals surface area contributed by atoms with Gasteiger partial charge in [-0.05, 0) is 51.5 Å². The van der Waals surface area contributed by atoms with Gasteiger partial charge in [0.2, 0.25) is 5.88 Å². The van der Waals surface area contributed by atoms with Gasteiger partial charge in [0, 0.05) is 25.2 Å². The Morgan fingerprint density at radius 2 is 1.73 bits per heavy atom. The zero-order chi connectivity index (χ0) is 28.7. The van der Waals surface area contributed by atoms with E-state index >= 15 is 0 Å². The maximum absolute atomic E-state index is 12.6. The van der Waals surface area contributed by atoms with Crippen LogP contribution in [0, 0.1) is 0 Å². The minimum atomic E-state index is -0.537. The summed E-state index contributed by atoms with van der Waals surface area (Å²) in [6, 6.07) is 12.9. The van der Waals surface area contributed by atoms with Gasteiger partial charge in [-0.3, -0.25) is 4.90 Å². The fourth-order valence-corrected chi connectivity index (χ4v) is 4.34. The van der Waals surface area contributed by atoms with Gasteiger partial charge in [0.15, 0.2) is 0 Å². The third-order valence-electron chi connectivity index (χ3n) is 6.22. The molecule has 214 valence electrons. The lowest BCUT2D eigenvalue weighted by Gasteiger charge is -2.26. The van der Waals surface area contributed by atoms with E-state index in [1.54, 1.807) is 23.7 Å². The molecule has 40 heavy (non-hydrogen) atoms. The number of esters is 2. The van der Waals surface area contributed by atoms with Crippen molar-refractivity contribution < 1.29 is 33.3 Å². The molecule has 0 unspecified atom stereocenters. The van der Waals surface area contributed by atoms with Crippen molar-refractivity contribution in [3.63, 3.8) is 0 Å². The molecule has 0 amide bonds. The first kappa shape index (κ1) is 29.1. The van der Waals surface area contributed by atoms with Crippen LogP contribution in [-0.2, 0) is 14.2 Å². The quantitative estimate of drug-likeness (QED) is 0.340. The summed E-state index contributed by atoms with van der Waals surface area (Å²) in [4.78, 5) is 27.4. The summed E-state index contributed by atoms with van der Waals surface area (Å²) in [5, 5.41) is 4.44. The van der Waals surface area contributed by atoms with Crippen LogP contribution >= 0.6 is 0 Å². The number of aromatic nitrogens is 2. The molecular weight excluding hydrogens is 514 g/mol. The summed E-state index contributed by atoms with van der Waals surface area (Å²) in [5.74, 6) is -0.190. The van der Waals surface area contributed by atoms with Crippen LogP contribution in [0.25, 0.3) is 16.8 Å². The standard InChI is InChI=1S/C30H37N3O7/c1-6-38-29(35)25-20-31-33(27(25)39-19-16-32-14-17-37-18-15-32)22-12-10-21(11-13-22)23-8-7-9-24(28(34)36-5)26(23)40-30(2,3)4/h7-13,20H,6,14-19H2,1-5H3. The fourth-order valence-electron chi connectivity index (χ4n) is 4.34. The van der Waals surface area contributed by atoms with Gasteiger partial charge in [0.05, 0.1) is 38.8 Å². The van der Waals surface area contributed by atoms with Gasteiger partial charge in [-0.2, -0.15) is 5.10 Å². The van der Waals surface area contributed by atoms with E-state index in [1.807, 2.05) is 51.1 Å². The van der Waals surface area contributed by atoms with Crippen LogP contribution in [0.5, 0.6) is 11.6 Å². The molecule has 2 aromatic carbocycles. The number of hydrogen-bond acceptors (Lipinski definition) is 9. The first-order valence-corrected chi connectivity index (χ1v) is 13.4. The summed E-state index contributed by atoms with van der Waals surface area (Å²) >= 11 is 0. The number of carbonyl (C=O) groups is 2. The Hall–Kier alpha value is -3.89. The summed E-state index contributed by atoms with van der Waals surface area (Å²) in [7, 11) is 1.35. The second-order valence-electron chi connectivity index (χ2n) is 10.2. The normalized spacial score (nSPS) is 14.0. The highest BCUT2D eigenvalue weighted by Gasteiger charge is 2.24. The highest BCUT2D eigenvalue weighted by atomic mass is 16.5. The third kappa shape index (κ3) is 7.00. The number of benzene rings is 2. The molecule has 1 aromatic heterocycles. The van der Waals surface area contributed by atoms with Gasteiger partial charge in [-0.1, -0.05) is 24.3 Å². The van der Waals surface area contributed by atoms with Crippen LogP contribution in [0.3, 0.4) is 0 Å². The second kappa shape index (κ2) is 13.0. The van der Waals surface area contributed by atoms with E-state index in [-0.39, 0.29) is 12.2 Å². The lowest BCUT2D eigenvalue weighted by atomic mass is 10.00. The van der Waals surface area contributed by atoms with Gasteiger partial charge in [0.1, 0.15) is 29.1 Å². The number of methoxy groups -OCH3 is 1. The van der Waals surface area contributed by atoms with Crippen LogP contribution < -0.4 is 9.47 Å². The molecule has 0 N–H and O–H groups in total. The Morgan fingerprint density at radius 1 is 1.00 bits per heavy atom. The van der Waals surface area contributed by atoms with Gasteiger partial charge in [-0.25, -0.2) is 14.3 Å². The maximum Gasteiger partial charge on any atom is 0.345 e. The van der Waals surface area contributed by atoms with Crippen molar-refractivity contribution >= 4 is 11.9 Å². The predicted molar refractivity (Wildman–Crippen MR) is 149 cm³/mol. The summed E-state index contributed by atoms with van der Waals surface area (Å²) in [6.45, 7) is 11.9. The average molecular weight is 552 g/mol. The highest BCUT2D eigenvalue weighted by molar-refractivity contribution is 5.96. The molecule has 0 saturated carbocycles. The van der Waals surface area contributed by atoms with Crippen LogP contribution in [0.2, 0.25) is 0 Å². The Kier molecular flexibility index (Phi) is 9.44. The lowest BCUT2D eigenvalue weighted by Crippen LogP contribution is -2.38. The molecule has 0 atom stereocenters. The average Bonchev–Trinajstić information content (AvgIpc) is 3.37. The molecule has 4 rings (SSSR count). The molecule has 1 fully saturated rings. The first-order chi connectivity index (χ1) is 19.2. The highest BCUT2D eigenvalue weighted by Crippen LogP contribution is 2.37. The van der Waals surface area contributed by atoms with Crippen molar-refractivity contribution in [1.29, 1.82) is 0 Å². The van der Waals surface area contributed by atoms with Gasteiger partial charge < -0.3 is 23.7 Å². The van der Waals surface area contributed by atoms with E-state index in [1.165, 1.54) is 13.3 Å². The van der Waals surface area contributed by atoms with Crippen molar-refractivity contribution in [3.05, 3.63) is 59.8 Å². The number of nitrogens with zero attached hydrogens (tertiary/aromatic N) is 3. The Morgan fingerprint density at radius 3 is 2.38 bits per heavy atom. The first-order valence-electron chi connectivity index (χ1n) is 13.4. The number of hydrogen-bond donors (Lipinski definition) is 0. The minimum Gasteiger partial charge on any atom is -0.487 e. The zero-order valence-electron chi connectivity index (χ0n) is 23.8. The molecule has 0 spiro atoms. The molecule has 10 nitrogen and oxygen atoms in total. The van der Waals surface area contributed by atoms with Crippen LogP contribution in [0.1, 0.15) is 48.4 Å². The summed E-state index contributed by atoms with van der Waals surface area (Å²) in [6.07, 6.45) is 1.46. The molecule has 1 saturated heterocycles. The number of para-hydroxylation sites is 1. The number of morpholine rings is 1. The van der Waals surface area contributed by atoms with Crippen molar-refractivity contribution in [2.24, 2.45) is 0 Å². The van der Waals surface area contributed by atoms with Gasteiger partial charge in [0.25, 0.3) is 0 Å². The van der Waals surface area contributed by atoms with Crippen molar-refractivity contribution in [3.8, 4) is 28.4 Å². The molecule has 2 heterocycles. The van der Waals surface area contributed by atoms with E-state index in [9.17, 15) is 9.59 Å². The second-order valence-corrected chi connectivity index (χ2v) is 10.2. The molecule has 3 aromatic rings. The third-order valence-corrected chi connectivity index (χ3v) is 6.22. The molecule has 1 aliphatic rings. The lowest BCUT2D eigenvalue weighted by molar-refractivity contribution is 0.0316. The fraction of sp³-hybridized carbons (Fsp3) is 0.433. The van der Waals surface area contributed by atoms with Crippen molar-refractivity contribution in [2.75, 3.05) is 53.2 Å². The molecule has 0 aliphatic carbocycles. The largest absolute Gasteiger partial charge is 0.487 e. The maximum atomic E-state index is 12.6. The van der Waals surface area contributed by atoms with E-state index < -0.39 is 17.5 Å². The molecule has 0 bridgehead atoms. The van der Waals surface area contributed by atoms with E-state index in [0.717, 1.165) is 24.2 Å². The molecule has 10 heteroatoms. The number of carbonyl (C=O) groups excluding carboxylic acids is 2. The van der Waals surface area contributed by atoms with Crippen molar-refractivity contribution in [1.82, 2.24) is 14.7 Å².